The van der Waals surface area contributed by atoms with Crippen molar-refractivity contribution in [3.05, 3.63) is 0 Å². The zero-order chi connectivity index (χ0) is 13.2. The average Bonchev–Trinajstić information content (AvgIpc) is 3.14. The van der Waals surface area contributed by atoms with Crippen molar-refractivity contribution in [2.24, 2.45) is 11.8 Å². The van der Waals surface area contributed by atoms with Gasteiger partial charge in [-0.2, -0.15) is 0 Å². The zero-order valence-corrected chi connectivity index (χ0v) is 12.8. The molecule has 2 aliphatic carbocycles. The van der Waals surface area contributed by atoms with Gasteiger partial charge in [0.05, 0.1) is 0 Å². The molecule has 2 heteroatoms. The highest BCUT2D eigenvalue weighted by molar-refractivity contribution is 4.96. The van der Waals surface area contributed by atoms with E-state index in [0.717, 1.165) is 17.9 Å². The molecule has 2 nitrogen and oxygen atoms in total. The lowest BCUT2D eigenvalue weighted by Gasteiger charge is -2.46. The van der Waals surface area contributed by atoms with Crippen LogP contribution in [0.4, 0.5) is 0 Å². The van der Waals surface area contributed by atoms with Crippen LogP contribution < -0.4 is 5.32 Å². The maximum atomic E-state index is 3.90. The van der Waals surface area contributed by atoms with Crippen LogP contribution in [-0.4, -0.2) is 37.1 Å². The van der Waals surface area contributed by atoms with Gasteiger partial charge in [-0.05, 0) is 58.0 Å². The average molecular weight is 252 g/mol. The van der Waals surface area contributed by atoms with E-state index in [2.05, 4.69) is 38.2 Å². The minimum atomic E-state index is 0.417. The smallest absolute Gasteiger partial charge is 0.0330 e. The molecule has 3 atom stereocenters. The molecule has 0 aromatic heterocycles. The molecule has 0 aliphatic heterocycles. The quantitative estimate of drug-likeness (QED) is 0.780. The van der Waals surface area contributed by atoms with Gasteiger partial charge in [-0.1, -0.05) is 26.7 Å². The van der Waals surface area contributed by atoms with Crippen LogP contribution in [0.5, 0.6) is 0 Å². The van der Waals surface area contributed by atoms with Crippen molar-refractivity contribution < 1.29 is 0 Å². The Bertz CT molecular complexity index is 260. The van der Waals surface area contributed by atoms with Crippen molar-refractivity contribution in [2.75, 3.05) is 20.6 Å². The molecule has 18 heavy (non-hydrogen) atoms. The second-order valence-electron chi connectivity index (χ2n) is 7.05. The van der Waals surface area contributed by atoms with Crippen molar-refractivity contribution in [3.8, 4) is 0 Å². The fourth-order valence-corrected chi connectivity index (χ4v) is 3.82. The van der Waals surface area contributed by atoms with Crippen LogP contribution >= 0.6 is 0 Å². The molecular formula is C16H32N2. The van der Waals surface area contributed by atoms with Gasteiger partial charge in [-0.25, -0.2) is 0 Å². The number of hydrogen-bond donors (Lipinski definition) is 1. The van der Waals surface area contributed by atoms with E-state index in [4.69, 9.17) is 0 Å². The van der Waals surface area contributed by atoms with Gasteiger partial charge >= 0.3 is 0 Å². The summed E-state index contributed by atoms with van der Waals surface area (Å²) in [6.07, 6.45) is 9.78. The second-order valence-corrected chi connectivity index (χ2v) is 7.05. The van der Waals surface area contributed by atoms with Crippen molar-refractivity contribution in [2.45, 2.75) is 70.4 Å². The molecule has 0 saturated heterocycles. The molecule has 3 unspecified atom stereocenters. The van der Waals surface area contributed by atoms with Gasteiger partial charge in [0, 0.05) is 18.1 Å². The Morgan fingerprint density at radius 1 is 1.28 bits per heavy atom. The number of nitrogens with zero attached hydrogens (tertiary/aromatic N) is 1. The summed E-state index contributed by atoms with van der Waals surface area (Å²) in [5, 5.41) is 3.90. The third-order valence-electron chi connectivity index (χ3n) is 5.34. The minimum Gasteiger partial charge on any atom is -0.312 e. The summed E-state index contributed by atoms with van der Waals surface area (Å²) in [6.45, 7) is 5.96. The Labute approximate surface area is 114 Å². The maximum Gasteiger partial charge on any atom is 0.0330 e. The normalized spacial score (nSPS) is 34.8. The highest BCUT2D eigenvalue weighted by Crippen LogP contribution is 2.37. The molecule has 0 bridgehead atoms. The van der Waals surface area contributed by atoms with Crippen molar-refractivity contribution in [1.29, 1.82) is 0 Å². The number of hydrogen-bond acceptors (Lipinski definition) is 2. The second kappa shape index (κ2) is 5.92. The van der Waals surface area contributed by atoms with Gasteiger partial charge in [0.25, 0.3) is 0 Å². The van der Waals surface area contributed by atoms with E-state index >= 15 is 0 Å². The predicted octanol–water partition coefficient (Wildman–Crippen LogP) is 3.28. The number of nitrogens with one attached hydrogen (secondary N) is 1. The van der Waals surface area contributed by atoms with E-state index in [1.54, 1.807) is 0 Å². The van der Waals surface area contributed by atoms with Gasteiger partial charge in [-0.3, -0.25) is 0 Å². The van der Waals surface area contributed by atoms with Gasteiger partial charge in [0.15, 0.2) is 0 Å². The predicted molar refractivity (Wildman–Crippen MR) is 78.9 cm³/mol. The first-order valence-electron chi connectivity index (χ1n) is 7.98. The summed E-state index contributed by atoms with van der Waals surface area (Å²) in [6, 6.07) is 0.777. The van der Waals surface area contributed by atoms with E-state index < -0.39 is 0 Å². The first-order chi connectivity index (χ1) is 8.57. The van der Waals surface area contributed by atoms with E-state index in [0.29, 0.717) is 5.54 Å². The van der Waals surface area contributed by atoms with E-state index in [1.807, 2.05) is 0 Å². The van der Waals surface area contributed by atoms with Crippen LogP contribution in [0.1, 0.15) is 58.8 Å². The largest absolute Gasteiger partial charge is 0.312 e. The van der Waals surface area contributed by atoms with Gasteiger partial charge in [0.2, 0.25) is 0 Å². The molecule has 2 fully saturated rings. The van der Waals surface area contributed by atoms with Crippen LogP contribution in [0.15, 0.2) is 0 Å². The highest BCUT2D eigenvalue weighted by atomic mass is 15.2. The standard InChI is InChI=1S/C16H32N2/c1-5-15(14-8-9-14)17-12-16(18(3)4)10-6-7-13(2)11-16/h13-15,17H,5-12H2,1-4H3. The fraction of sp³-hybridized carbons (Fsp3) is 1.00. The number of likely N-dealkylation sites (N-methyl/N-ethyl adjacent to an activating group) is 1. The summed E-state index contributed by atoms with van der Waals surface area (Å²) in [7, 11) is 4.55. The molecule has 0 radical (unpaired) electrons. The van der Waals surface area contributed by atoms with Crippen LogP contribution in [0, 0.1) is 11.8 Å². The molecule has 2 aliphatic rings. The Balaban J connectivity index is 1.92. The van der Waals surface area contributed by atoms with Crippen molar-refractivity contribution in [3.63, 3.8) is 0 Å². The van der Waals surface area contributed by atoms with Gasteiger partial charge < -0.3 is 10.2 Å². The first kappa shape index (κ1) is 14.3. The monoisotopic (exact) mass is 252 g/mol. The summed E-state index contributed by atoms with van der Waals surface area (Å²) in [4.78, 5) is 2.50. The lowest BCUT2D eigenvalue weighted by atomic mass is 9.75. The first-order valence-corrected chi connectivity index (χ1v) is 7.98. The highest BCUT2D eigenvalue weighted by Gasteiger charge is 2.38. The molecule has 2 rings (SSSR count). The Morgan fingerprint density at radius 3 is 2.50 bits per heavy atom. The van der Waals surface area contributed by atoms with E-state index in [-0.39, 0.29) is 0 Å². The zero-order valence-electron chi connectivity index (χ0n) is 12.8. The maximum absolute atomic E-state index is 3.90. The SMILES string of the molecule is CCC(NCC1(N(C)C)CCCC(C)C1)C1CC1. The van der Waals surface area contributed by atoms with Crippen LogP contribution in [0.3, 0.4) is 0 Å². The van der Waals surface area contributed by atoms with E-state index in [1.165, 1.54) is 51.5 Å². The Morgan fingerprint density at radius 2 is 2.00 bits per heavy atom. The lowest BCUT2D eigenvalue weighted by molar-refractivity contribution is 0.0712. The Hall–Kier alpha value is -0.0800. The molecule has 0 spiro atoms. The molecule has 0 aromatic rings. The minimum absolute atomic E-state index is 0.417. The molecular weight excluding hydrogens is 220 g/mol. The molecule has 106 valence electrons. The summed E-state index contributed by atoms with van der Waals surface area (Å²) in [5.41, 5.74) is 0.417. The fourth-order valence-electron chi connectivity index (χ4n) is 3.82. The molecule has 0 amide bonds. The van der Waals surface area contributed by atoms with Crippen molar-refractivity contribution in [1.82, 2.24) is 10.2 Å². The van der Waals surface area contributed by atoms with E-state index in [9.17, 15) is 0 Å². The third-order valence-corrected chi connectivity index (χ3v) is 5.34. The van der Waals surface area contributed by atoms with Crippen molar-refractivity contribution >= 4 is 0 Å². The van der Waals surface area contributed by atoms with Crippen LogP contribution in [0.25, 0.3) is 0 Å². The third kappa shape index (κ3) is 3.27. The van der Waals surface area contributed by atoms with Gasteiger partial charge in [0.1, 0.15) is 0 Å². The topological polar surface area (TPSA) is 15.3 Å². The summed E-state index contributed by atoms with van der Waals surface area (Å²) < 4.78 is 0. The lowest BCUT2D eigenvalue weighted by Crippen LogP contribution is -2.55. The summed E-state index contributed by atoms with van der Waals surface area (Å²) >= 11 is 0. The molecule has 0 aromatic carbocycles. The van der Waals surface area contributed by atoms with Crippen LogP contribution in [0.2, 0.25) is 0 Å². The van der Waals surface area contributed by atoms with Gasteiger partial charge in [-0.15, -0.1) is 0 Å². The summed E-state index contributed by atoms with van der Waals surface area (Å²) in [5.74, 6) is 1.87. The molecule has 1 N–H and O–H groups in total. The Kier molecular flexibility index (Phi) is 4.71. The molecule has 2 saturated carbocycles. The number of rotatable bonds is 6. The van der Waals surface area contributed by atoms with Crippen LogP contribution in [-0.2, 0) is 0 Å². The molecule has 0 heterocycles.